The van der Waals surface area contributed by atoms with Crippen LogP contribution in [0.3, 0.4) is 0 Å². The first-order valence-corrected chi connectivity index (χ1v) is 53.0. The van der Waals surface area contributed by atoms with Crippen LogP contribution in [0.1, 0.15) is 365 Å². The minimum absolute atomic E-state index is 0.153. The monoisotopic (exact) mass is 1930 g/mol. The molecule has 0 spiro atoms. The van der Waals surface area contributed by atoms with Gasteiger partial charge in [0.05, 0.1) is 75.4 Å². The van der Waals surface area contributed by atoms with Gasteiger partial charge in [0.25, 0.3) is 5.69 Å². The van der Waals surface area contributed by atoms with E-state index in [1.807, 2.05) is 13.3 Å². The van der Waals surface area contributed by atoms with Crippen LogP contribution in [0.2, 0.25) is 0 Å². The second kappa shape index (κ2) is 42.8. The molecule has 0 saturated carbocycles. The predicted molar refractivity (Wildman–Crippen MR) is 587 cm³/mol. The number of para-hydroxylation sites is 4. The minimum atomic E-state index is -0.187. The van der Waals surface area contributed by atoms with E-state index in [1.165, 1.54) is 169 Å². The van der Waals surface area contributed by atoms with Crippen molar-refractivity contribution in [3.05, 3.63) is 355 Å². The average molecular weight is 1930 g/mol. The van der Waals surface area contributed by atoms with Crippen LogP contribution in [0, 0.1) is 27.7 Å². The Kier molecular flexibility index (Phi) is 32.3. The number of rotatable bonds is 26. The maximum absolute atomic E-state index is 5.64. The Bertz CT molecular complexity index is 6680. The Morgan fingerprint density at radius 1 is 0.303 bits per heavy atom. The first kappa shape index (κ1) is 107. The normalized spacial score (nSPS) is 12.3. The molecule has 0 unspecified atom stereocenters. The maximum atomic E-state index is 5.64. The van der Waals surface area contributed by atoms with E-state index in [1.54, 1.807) is 17.7 Å². The molecular formula is C126H170N14OS+8. The van der Waals surface area contributed by atoms with Gasteiger partial charge in [-0.05, 0) is 203 Å². The summed E-state index contributed by atoms with van der Waals surface area (Å²) in [5.74, 6) is 8.05. The molecule has 142 heavy (non-hydrogen) atoms. The molecule has 8 aromatic heterocycles. The molecule has 0 radical (unpaired) electrons. The number of oxazole rings is 1. The third-order valence-electron chi connectivity index (χ3n) is 30.4. The van der Waals surface area contributed by atoms with Gasteiger partial charge in [0.1, 0.15) is 67.8 Å². The first-order chi connectivity index (χ1) is 66.8. The van der Waals surface area contributed by atoms with E-state index in [-0.39, 0.29) is 21.7 Å². The third kappa shape index (κ3) is 20.5. The maximum Gasteiger partial charge on any atom is 0.363 e. The Labute approximate surface area is 856 Å². The molecule has 0 amide bonds. The van der Waals surface area contributed by atoms with Crippen LogP contribution in [0.4, 0.5) is 0 Å². The van der Waals surface area contributed by atoms with Crippen molar-refractivity contribution in [2.24, 2.45) is 56.4 Å². The summed E-state index contributed by atoms with van der Waals surface area (Å²) in [7, 11) is 17.4. The van der Waals surface area contributed by atoms with Crippen LogP contribution < -0.4 is 36.7 Å². The summed E-state index contributed by atoms with van der Waals surface area (Å²) in [6.45, 7) is 73.4. The van der Waals surface area contributed by atoms with Crippen LogP contribution in [0.25, 0.3) is 68.8 Å². The number of hydrogen-bond acceptors (Lipinski definition) is 2. The SMILES string of the molecule is Cc1ccccc1C(C)(C)c1c[n+](-c2c(C(C)C)cccc2C(C)C)c(-c2c[n+](C(C)C)cn2C)n1C.Cc1ccccc1C(C)(C)c1c[n+](-c2c(C(C)C)cccc2C(C)C)c(-c2cc[n+](C(C)C)n2C)n1C.Cc1ccccc1C(C)(C)c1c[n+](-c2c(C(C)C)cccc2C(C)C)c(-c2coc[n+]2C)n1C.Cc1ccccc1C(C)(C)c1c[n+](-c2c(C(C)C)cccc2C(C)C)c(-c2csc[n+]2C)n1C. The number of benzene rings is 8. The van der Waals surface area contributed by atoms with Crippen molar-refractivity contribution in [1.82, 2.24) is 27.5 Å². The van der Waals surface area contributed by atoms with Gasteiger partial charge >= 0.3 is 41.1 Å². The van der Waals surface area contributed by atoms with Gasteiger partial charge in [0.2, 0.25) is 11.8 Å². The summed E-state index contributed by atoms with van der Waals surface area (Å²) in [6, 6.07) is 65.4. The number of nitrogens with zero attached hydrogens (tertiary/aromatic N) is 14. The summed E-state index contributed by atoms with van der Waals surface area (Å²) in [6.07, 6.45) is 19.9. The lowest BCUT2D eigenvalue weighted by atomic mass is 9.79. The molecule has 748 valence electrons. The molecule has 15 nitrogen and oxygen atoms in total. The molecule has 16 aromatic rings. The predicted octanol–water partition coefficient (Wildman–Crippen LogP) is 27.1. The van der Waals surface area contributed by atoms with E-state index in [0.717, 1.165) is 11.5 Å². The van der Waals surface area contributed by atoms with Crippen LogP contribution >= 0.6 is 11.3 Å². The van der Waals surface area contributed by atoms with Crippen molar-refractivity contribution in [3.63, 3.8) is 0 Å². The molecule has 0 N–H and O–H groups in total. The van der Waals surface area contributed by atoms with Crippen LogP contribution in [-0.2, 0) is 78.0 Å². The number of aromatic nitrogens is 14. The standard InChI is InChI=1S/2C33H46N4.C30H39N3O.C30H39N3S/c1-22(2)26-16-14-17-27(23(3)4)31(26)37-20-30(33(8,9)28-18-13-12-15-25(28)7)35(11)32(37)29-19-36(24(5)6)21-34(29)10;1-22(2)26-16-14-17-27(23(3)4)31(26)36-21-30(33(8,9)28-18-13-12-15-25(28)7)34(10)32(36)29-19-20-37(24(5)6)35(29)11;2*1-20(2)23-14-12-15-24(21(3)4)28(23)33-17-27(30(6,7)25-16-11-10-13-22(25)5)32(9)29(33)26-18-34-19-31(26)8/h2*12-24H,1-11H3;2*10-21H,1-9H3/q4*+2. The van der Waals surface area contributed by atoms with Gasteiger partial charge in [0, 0.05) is 50.6 Å². The highest BCUT2D eigenvalue weighted by Gasteiger charge is 2.47. The van der Waals surface area contributed by atoms with Gasteiger partial charge in [-0.25, -0.2) is 27.4 Å². The smallest absolute Gasteiger partial charge is 0.363 e. The number of aryl methyl sites for hydroxylation is 7. The molecule has 0 aliphatic carbocycles. The summed E-state index contributed by atoms with van der Waals surface area (Å²) < 4.78 is 38.6. The van der Waals surface area contributed by atoms with Crippen molar-refractivity contribution < 1.29 is 41.1 Å². The fourth-order valence-corrected chi connectivity index (χ4v) is 23.2. The average Bonchev–Trinajstić information content (AvgIpc) is 1.60. The van der Waals surface area contributed by atoms with E-state index in [9.17, 15) is 0 Å². The molecule has 0 bridgehead atoms. The molecular weight excluding hydrogens is 1760 g/mol. The topological polar surface area (TPSA) is 73.8 Å². The second-order valence-corrected chi connectivity index (χ2v) is 46.1. The third-order valence-corrected chi connectivity index (χ3v) is 31.2. The quantitative estimate of drug-likeness (QED) is 0.0498. The molecule has 0 fully saturated rings. The van der Waals surface area contributed by atoms with Gasteiger partial charge in [0.15, 0.2) is 47.0 Å². The Morgan fingerprint density at radius 3 is 0.817 bits per heavy atom. The van der Waals surface area contributed by atoms with Gasteiger partial charge in [-0.2, -0.15) is 27.4 Å². The lowest BCUT2D eigenvalue weighted by Crippen LogP contribution is -2.44. The molecule has 8 aromatic carbocycles. The zero-order valence-electron chi connectivity index (χ0n) is 93.9. The van der Waals surface area contributed by atoms with E-state index >= 15 is 0 Å². The lowest BCUT2D eigenvalue weighted by Gasteiger charge is -2.24. The number of thiazole rings is 1. The van der Waals surface area contributed by atoms with Crippen molar-refractivity contribution >= 4 is 11.3 Å². The molecule has 8 heterocycles. The van der Waals surface area contributed by atoms with Crippen molar-refractivity contribution in [3.8, 4) is 68.8 Å². The Balaban J connectivity index is 0.000000159. The highest BCUT2D eigenvalue weighted by molar-refractivity contribution is 7.07. The summed E-state index contributed by atoms with van der Waals surface area (Å²) in [5, 5.41) is 2.27. The highest BCUT2D eigenvalue weighted by Crippen LogP contribution is 2.44. The van der Waals surface area contributed by atoms with Crippen molar-refractivity contribution in [2.45, 2.75) is 303 Å². The largest absolute Gasteiger partial charge is 0.411 e. The minimum Gasteiger partial charge on any atom is -0.411 e. The van der Waals surface area contributed by atoms with Gasteiger partial charge in [-0.3, -0.25) is 0 Å². The van der Waals surface area contributed by atoms with Crippen molar-refractivity contribution in [1.29, 1.82) is 0 Å². The van der Waals surface area contributed by atoms with E-state index in [0.29, 0.717) is 59.4 Å². The van der Waals surface area contributed by atoms with E-state index in [4.69, 9.17) is 4.42 Å². The summed E-state index contributed by atoms with van der Waals surface area (Å²) >= 11 is 1.75. The fourth-order valence-electron chi connectivity index (χ4n) is 22.5. The highest BCUT2D eigenvalue weighted by atomic mass is 32.1. The molecule has 0 aliphatic heterocycles. The zero-order valence-corrected chi connectivity index (χ0v) is 94.8. The van der Waals surface area contributed by atoms with Crippen LogP contribution in [0.5, 0.6) is 0 Å². The molecule has 16 heteroatoms. The van der Waals surface area contributed by atoms with Crippen LogP contribution in [0.15, 0.2) is 247 Å². The second-order valence-electron chi connectivity index (χ2n) is 45.4. The zero-order chi connectivity index (χ0) is 104. The number of imidazole rings is 5. The Hall–Kier alpha value is -12.1. The van der Waals surface area contributed by atoms with Crippen LogP contribution in [-0.4, -0.2) is 27.5 Å². The summed E-state index contributed by atoms with van der Waals surface area (Å²) in [5.41, 5.74) is 38.3. The molecule has 0 atom stereocenters. The van der Waals surface area contributed by atoms with Crippen molar-refractivity contribution in [2.75, 3.05) is 0 Å². The first-order valence-electron chi connectivity index (χ1n) is 52.1. The van der Waals surface area contributed by atoms with Gasteiger partial charge in [-0.15, -0.1) is 9.36 Å². The molecule has 0 saturated heterocycles. The Morgan fingerprint density at radius 2 is 0.577 bits per heavy atom. The van der Waals surface area contributed by atoms with Gasteiger partial charge < -0.3 is 4.42 Å². The lowest BCUT2D eigenvalue weighted by molar-refractivity contribution is -0.789. The van der Waals surface area contributed by atoms with Gasteiger partial charge in [-0.1, -0.05) is 292 Å². The molecule has 16 rings (SSSR count). The summed E-state index contributed by atoms with van der Waals surface area (Å²) in [4.78, 5) is 0. The fraction of sp³-hybridized carbons (Fsp3) is 0.429. The number of hydrogen-bond donors (Lipinski definition) is 0. The van der Waals surface area contributed by atoms with E-state index < -0.39 is 0 Å². The van der Waals surface area contributed by atoms with E-state index in [2.05, 4.69) is 565 Å². The molecule has 0 aliphatic rings.